The first kappa shape index (κ1) is 27.3. The summed E-state index contributed by atoms with van der Waals surface area (Å²) in [5.74, 6) is 6.33. The molecular formula is C28H30IN3O5. The van der Waals surface area contributed by atoms with Crippen LogP contribution in [-0.4, -0.2) is 64.1 Å². The van der Waals surface area contributed by atoms with Crippen LogP contribution in [0.2, 0.25) is 0 Å². The molecule has 8 nitrogen and oxygen atoms in total. The van der Waals surface area contributed by atoms with Crippen molar-refractivity contribution in [2.24, 2.45) is 0 Å². The third kappa shape index (κ3) is 7.40. The number of aliphatic hydroxyl groups is 2. The van der Waals surface area contributed by atoms with Gasteiger partial charge in [-0.3, -0.25) is 9.69 Å². The molecule has 0 radical (unpaired) electrons. The molecule has 2 atom stereocenters. The largest absolute Gasteiger partial charge is 0.420 e. The van der Waals surface area contributed by atoms with E-state index in [-0.39, 0.29) is 30.4 Å². The number of nitrogens with zero attached hydrogens (tertiary/aromatic N) is 2. The Hall–Kier alpha value is -2.75. The van der Waals surface area contributed by atoms with Gasteiger partial charge in [-0.05, 0) is 41.8 Å². The molecule has 1 saturated heterocycles. The first-order chi connectivity index (χ1) is 18.1. The fourth-order valence-electron chi connectivity index (χ4n) is 4.41. The van der Waals surface area contributed by atoms with Crippen molar-refractivity contribution in [3.8, 4) is 17.6 Å². The molecule has 0 spiro atoms. The average Bonchev–Trinajstić information content (AvgIpc) is 3.47. The molecule has 0 bridgehead atoms. The lowest BCUT2D eigenvalue weighted by Crippen LogP contribution is -2.37. The van der Waals surface area contributed by atoms with E-state index in [4.69, 9.17) is 7.80 Å². The second-order valence-electron chi connectivity index (χ2n) is 8.95. The van der Waals surface area contributed by atoms with Crippen molar-refractivity contribution < 1.29 is 18.0 Å². The Morgan fingerprint density at radius 3 is 2.43 bits per heavy atom. The molecule has 9 heteroatoms. The zero-order valence-electron chi connectivity index (χ0n) is 20.4. The highest BCUT2D eigenvalue weighted by Crippen LogP contribution is 2.24. The number of nitrogens with one attached hydrogen (secondary N) is 1. The number of benzene rings is 2. The summed E-state index contributed by atoms with van der Waals surface area (Å²) in [5, 5.41) is 19.4. The minimum atomic E-state index is -0.347. The molecule has 0 saturated carbocycles. The molecule has 37 heavy (non-hydrogen) atoms. The third-order valence-electron chi connectivity index (χ3n) is 6.50. The molecule has 194 valence electrons. The highest BCUT2D eigenvalue weighted by molar-refractivity contribution is 14.1. The molecule has 3 N–H and O–H groups in total. The standard InChI is InChI=1S/C28H30IN3O5/c29-37-27-26(30-19-31-28(27)35)15-24(17-34)23-9-7-21(8-10-23)2-1-20-3-5-22(6-4-20)16-32(12-13-33)25-11-14-36-18-25/h3-10,19,24-25,33-34H,11-18H2,(H,30,31,35)/t24-,25+/m1/s1. The molecule has 1 aliphatic heterocycles. The topological polar surface area (TPSA) is 108 Å². The minimum Gasteiger partial charge on any atom is -0.420 e. The molecular weight excluding hydrogens is 585 g/mol. The van der Waals surface area contributed by atoms with E-state index in [0.29, 0.717) is 24.7 Å². The number of aromatic nitrogens is 2. The van der Waals surface area contributed by atoms with Gasteiger partial charge >= 0.3 is 0 Å². The minimum absolute atomic E-state index is 0.0873. The zero-order valence-corrected chi connectivity index (χ0v) is 22.6. The van der Waals surface area contributed by atoms with E-state index in [1.54, 1.807) is 23.0 Å². The summed E-state index contributed by atoms with van der Waals surface area (Å²) in [6, 6.07) is 16.3. The second-order valence-corrected chi connectivity index (χ2v) is 9.39. The van der Waals surface area contributed by atoms with E-state index in [1.165, 1.54) is 11.9 Å². The monoisotopic (exact) mass is 615 g/mol. The van der Waals surface area contributed by atoms with Crippen LogP contribution in [0.1, 0.15) is 40.3 Å². The van der Waals surface area contributed by atoms with Crippen LogP contribution >= 0.6 is 23.0 Å². The van der Waals surface area contributed by atoms with E-state index in [0.717, 1.165) is 42.9 Å². The predicted octanol–water partition coefficient (Wildman–Crippen LogP) is 2.80. The third-order valence-corrected chi connectivity index (χ3v) is 6.94. The Morgan fingerprint density at radius 2 is 1.84 bits per heavy atom. The van der Waals surface area contributed by atoms with Gasteiger partial charge in [0.15, 0.2) is 23.0 Å². The summed E-state index contributed by atoms with van der Waals surface area (Å²) >= 11 is 1.66. The summed E-state index contributed by atoms with van der Waals surface area (Å²) in [6.07, 6.45) is 2.71. The van der Waals surface area contributed by atoms with Crippen molar-refractivity contribution >= 4 is 23.0 Å². The van der Waals surface area contributed by atoms with E-state index in [2.05, 4.69) is 38.8 Å². The van der Waals surface area contributed by atoms with E-state index >= 15 is 0 Å². The lowest BCUT2D eigenvalue weighted by molar-refractivity contribution is 0.118. The number of ether oxygens (including phenoxy) is 1. The Kier molecular flexibility index (Phi) is 10.1. The van der Waals surface area contributed by atoms with Crippen molar-refractivity contribution in [2.45, 2.75) is 31.3 Å². The molecule has 3 aromatic rings. The van der Waals surface area contributed by atoms with Gasteiger partial charge in [0, 0.05) is 49.2 Å². The van der Waals surface area contributed by atoms with Gasteiger partial charge in [-0.2, -0.15) is 0 Å². The molecule has 1 aromatic heterocycles. The number of hydrogen-bond donors (Lipinski definition) is 3. The summed E-state index contributed by atoms with van der Waals surface area (Å²) in [7, 11) is 0. The van der Waals surface area contributed by atoms with Gasteiger partial charge in [-0.1, -0.05) is 36.1 Å². The maximum absolute atomic E-state index is 11.9. The van der Waals surface area contributed by atoms with Gasteiger partial charge in [-0.25, -0.2) is 4.98 Å². The first-order valence-corrected chi connectivity index (χ1v) is 13.1. The van der Waals surface area contributed by atoms with Crippen LogP contribution in [0.25, 0.3) is 0 Å². The van der Waals surface area contributed by atoms with E-state index in [9.17, 15) is 15.0 Å². The van der Waals surface area contributed by atoms with Crippen molar-refractivity contribution in [1.29, 1.82) is 0 Å². The van der Waals surface area contributed by atoms with Crippen LogP contribution in [0.3, 0.4) is 0 Å². The van der Waals surface area contributed by atoms with Crippen LogP contribution in [0.15, 0.2) is 59.7 Å². The van der Waals surface area contributed by atoms with Gasteiger partial charge in [-0.15, -0.1) is 0 Å². The van der Waals surface area contributed by atoms with Crippen LogP contribution in [0.5, 0.6) is 5.75 Å². The second kappa shape index (κ2) is 13.7. The fraction of sp³-hybridized carbons (Fsp3) is 0.357. The maximum Gasteiger partial charge on any atom is 0.294 e. The SMILES string of the molecule is O=c1[nH]cnc(C[C@H](CO)c2ccc(C#Cc3ccc(CN(CCO)[C@H]4CCOC4)cc3)cc2)c1OI. The molecule has 2 aromatic carbocycles. The zero-order chi connectivity index (χ0) is 26.0. The number of aliphatic hydroxyl groups excluding tert-OH is 2. The van der Waals surface area contributed by atoms with Gasteiger partial charge in [0.2, 0.25) is 5.75 Å². The van der Waals surface area contributed by atoms with Crippen LogP contribution in [0.4, 0.5) is 0 Å². The quantitative estimate of drug-likeness (QED) is 0.238. The molecule has 0 aliphatic carbocycles. The Labute approximate surface area is 230 Å². The van der Waals surface area contributed by atoms with Crippen molar-refractivity contribution in [1.82, 2.24) is 14.9 Å². The predicted molar refractivity (Wildman–Crippen MR) is 149 cm³/mol. The lowest BCUT2D eigenvalue weighted by Gasteiger charge is -2.27. The Bertz CT molecular complexity index is 1260. The van der Waals surface area contributed by atoms with Gasteiger partial charge in [0.25, 0.3) is 5.56 Å². The maximum atomic E-state index is 11.9. The van der Waals surface area contributed by atoms with Gasteiger partial charge in [0.1, 0.15) is 0 Å². The van der Waals surface area contributed by atoms with Crippen molar-refractivity contribution in [2.75, 3.05) is 33.0 Å². The van der Waals surface area contributed by atoms with Crippen LogP contribution < -0.4 is 8.63 Å². The Balaban J connectivity index is 1.39. The van der Waals surface area contributed by atoms with Gasteiger partial charge in [0.05, 0.1) is 31.8 Å². The highest BCUT2D eigenvalue weighted by Gasteiger charge is 2.23. The summed E-state index contributed by atoms with van der Waals surface area (Å²) in [6.45, 7) is 2.95. The summed E-state index contributed by atoms with van der Waals surface area (Å²) in [4.78, 5) is 20.9. The van der Waals surface area contributed by atoms with Crippen molar-refractivity contribution in [3.63, 3.8) is 0 Å². The molecule has 0 unspecified atom stereocenters. The van der Waals surface area contributed by atoms with Crippen LogP contribution in [0, 0.1) is 11.8 Å². The van der Waals surface area contributed by atoms with Gasteiger partial charge < -0.3 is 23.0 Å². The number of rotatable bonds is 10. The molecule has 1 aliphatic rings. The highest BCUT2D eigenvalue weighted by atomic mass is 127. The summed E-state index contributed by atoms with van der Waals surface area (Å²) < 4.78 is 10.7. The van der Waals surface area contributed by atoms with Crippen molar-refractivity contribution in [3.05, 3.63) is 93.2 Å². The Morgan fingerprint density at radius 1 is 1.14 bits per heavy atom. The number of aromatic amines is 1. The molecule has 4 rings (SSSR count). The smallest absolute Gasteiger partial charge is 0.294 e. The van der Waals surface area contributed by atoms with E-state index < -0.39 is 0 Å². The first-order valence-electron chi connectivity index (χ1n) is 12.2. The molecule has 1 fully saturated rings. The van der Waals surface area contributed by atoms with E-state index in [1.807, 2.05) is 36.4 Å². The fourth-order valence-corrected chi connectivity index (χ4v) is 4.86. The normalized spacial score (nSPS) is 15.8. The molecule has 2 heterocycles. The average molecular weight is 615 g/mol. The lowest BCUT2D eigenvalue weighted by atomic mass is 9.94. The number of hydrogen-bond acceptors (Lipinski definition) is 7. The number of H-pyrrole nitrogens is 1. The molecule has 0 amide bonds. The van der Waals surface area contributed by atoms with Crippen LogP contribution in [-0.2, 0) is 17.7 Å². The summed E-state index contributed by atoms with van der Waals surface area (Å²) in [5.41, 5.74) is 4.05. The number of halogens is 1.